The van der Waals surface area contributed by atoms with Gasteiger partial charge in [0.15, 0.2) is 5.78 Å². The van der Waals surface area contributed by atoms with E-state index in [4.69, 9.17) is 16.3 Å². The van der Waals surface area contributed by atoms with Crippen LogP contribution in [0.5, 0.6) is 5.75 Å². The molecule has 0 aromatic heterocycles. The molecule has 1 aromatic carbocycles. The van der Waals surface area contributed by atoms with E-state index in [-0.39, 0.29) is 16.6 Å². The van der Waals surface area contributed by atoms with Crippen molar-refractivity contribution >= 4 is 17.4 Å². The van der Waals surface area contributed by atoms with Gasteiger partial charge in [0, 0.05) is 17.5 Å². The van der Waals surface area contributed by atoms with E-state index in [0.717, 1.165) is 0 Å². The molecule has 0 fully saturated rings. The van der Waals surface area contributed by atoms with E-state index in [0.29, 0.717) is 30.4 Å². The maximum absolute atomic E-state index is 13.7. The van der Waals surface area contributed by atoms with Crippen LogP contribution in [0.3, 0.4) is 0 Å². The molecule has 80 valence electrons. The van der Waals surface area contributed by atoms with Crippen molar-refractivity contribution in [2.45, 2.75) is 19.3 Å². The number of hydrogen-bond donors (Lipinski definition) is 0. The molecule has 0 saturated heterocycles. The van der Waals surface area contributed by atoms with Gasteiger partial charge in [0.1, 0.15) is 16.6 Å². The summed E-state index contributed by atoms with van der Waals surface area (Å²) < 4.78 is 18.7. The molecule has 0 amide bonds. The fraction of sp³-hybridized carbons (Fsp3) is 0.364. The monoisotopic (exact) mass is 228 g/mol. The van der Waals surface area contributed by atoms with Gasteiger partial charge < -0.3 is 4.74 Å². The first-order valence-electron chi connectivity index (χ1n) is 4.73. The summed E-state index contributed by atoms with van der Waals surface area (Å²) in [4.78, 5) is 11.6. The normalized spacial score (nSPS) is 15.0. The Morgan fingerprint density at radius 1 is 1.47 bits per heavy atom. The Balaban J connectivity index is 2.66. The summed E-state index contributed by atoms with van der Waals surface area (Å²) in [6.07, 6.45) is 1.72. The van der Waals surface area contributed by atoms with Gasteiger partial charge >= 0.3 is 0 Å². The molecule has 0 heterocycles. The maximum atomic E-state index is 13.7. The van der Waals surface area contributed by atoms with E-state index in [9.17, 15) is 9.18 Å². The Kier molecular flexibility index (Phi) is 2.65. The van der Waals surface area contributed by atoms with Gasteiger partial charge in [-0.2, -0.15) is 0 Å². The molecular weight excluding hydrogens is 219 g/mol. The van der Waals surface area contributed by atoms with Crippen LogP contribution in [-0.4, -0.2) is 12.9 Å². The molecule has 0 aliphatic heterocycles. The summed E-state index contributed by atoms with van der Waals surface area (Å²) in [7, 11) is 1.40. The number of fused-ring (bicyclic) bond motifs is 1. The van der Waals surface area contributed by atoms with Gasteiger partial charge in [-0.05, 0) is 18.9 Å². The molecule has 2 nitrogen and oxygen atoms in total. The molecule has 1 aliphatic rings. The van der Waals surface area contributed by atoms with Crippen molar-refractivity contribution in [1.82, 2.24) is 0 Å². The molecule has 1 aliphatic carbocycles. The van der Waals surface area contributed by atoms with E-state index >= 15 is 0 Å². The van der Waals surface area contributed by atoms with Gasteiger partial charge in [0.25, 0.3) is 0 Å². The lowest BCUT2D eigenvalue weighted by Gasteiger charge is -2.17. The van der Waals surface area contributed by atoms with Crippen LogP contribution in [0.2, 0.25) is 5.02 Å². The van der Waals surface area contributed by atoms with Crippen molar-refractivity contribution in [3.8, 4) is 5.75 Å². The van der Waals surface area contributed by atoms with Crippen molar-refractivity contribution in [3.63, 3.8) is 0 Å². The highest BCUT2D eigenvalue weighted by Gasteiger charge is 2.24. The molecule has 15 heavy (non-hydrogen) atoms. The van der Waals surface area contributed by atoms with Gasteiger partial charge in [0.2, 0.25) is 0 Å². The van der Waals surface area contributed by atoms with Crippen molar-refractivity contribution in [3.05, 3.63) is 28.0 Å². The molecule has 0 spiro atoms. The number of Topliss-reactive ketones (excluding diaryl/α,β-unsaturated/α-hetero) is 1. The largest absolute Gasteiger partial charge is 0.495 e. The zero-order valence-corrected chi connectivity index (χ0v) is 9.03. The number of hydrogen-bond acceptors (Lipinski definition) is 2. The molecule has 1 aromatic rings. The topological polar surface area (TPSA) is 26.3 Å². The maximum Gasteiger partial charge on any atom is 0.163 e. The minimum Gasteiger partial charge on any atom is -0.495 e. The van der Waals surface area contributed by atoms with Gasteiger partial charge in [-0.25, -0.2) is 4.39 Å². The molecule has 0 bridgehead atoms. The molecule has 2 rings (SSSR count). The minimum absolute atomic E-state index is 0.0362. The SMILES string of the molecule is COc1cc2c(c(F)c1Cl)CCCC2=O. The van der Waals surface area contributed by atoms with Gasteiger partial charge in [-0.1, -0.05) is 11.6 Å². The number of rotatable bonds is 1. The average Bonchev–Trinajstić information content (AvgIpc) is 2.24. The Labute approximate surface area is 92.0 Å². The van der Waals surface area contributed by atoms with Crippen molar-refractivity contribution in [1.29, 1.82) is 0 Å². The molecule has 0 radical (unpaired) electrons. The van der Waals surface area contributed by atoms with Crippen LogP contribution in [-0.2, 0) is 6.42 Å². The summed E-state index contributed by atoms with van der Waals surface area (Å²) in [5, 5.41) is -0.0362. The first-order chi connectivity index (χ1) is 7.15. The number of carbonyl (C=O) groups excluding carboxylic acids is 1. The third kappa shape index (κ3) is 1.61. The van der Waals surface area contributed by atoms with Crippen molar-refractivity contribution < 1.29 is 13.9 Å². The number of halogens is 2. The Morgan fingerprint density at radius 2 is 2.20 bits per heavy atom. The average molecular weight is 229 g/mol. The van der Waals surface area contributed by atoms with E-state index in [1.165, 1.54) is 13.2 Å². The van der Waals surface area contributed by atoms with Crippen molar-refractivity contribution in [2.24, 2.45) is 0 Å². The van der Waals surface area contributed by atoms with E-state index in [2.05, 4.69) is 0 Å². The highest BCUT2D eigenvalue weighted by molar-refractivity contribution is 6.32. The van der Waals surface area contributed by atoms with Crippen LogP contribution < -0.4 is 4.74 Å². The molecule has 0 atom stereocenters. The summed E-state index contributed by atoms with van der Waals surface area (Å²) >= 11 is 5.77. The third-order valence-electron chi connectivity index (χ3n) is 2.63. The van der Waals surface area contributed by atoms with Crippen molar-refractivity contribution in [2.75, 3.05) is 7.11 Å². The smallest absolute Gasteiger partial charge is 0.163 e. The Bertz CT molecular complexity index is 429. The number of carbonyl (C=O) groups is 1. The summed E-state index contributed by atoms with van der Waals surface area (Å²) in [5.74, 6) is -0.327. The first-order valence-corrected chi connectivity index (χ1v) is 5.11. The summed E-state index contributed by atoms with van der Waals surface area (Å²) in [5.41, 5.74) is 0.844. The van der Waals surface area contributed by atoms with Crippen LogP contribution >= 0.6 is 11.6 Å². The van der Waals surface area contributed by atoms with E-state index < -0.39 is 5.82 Å². The zero-order chi connectivity index (χ0) is 11.0. The number of methoxy groups -OCH3 is 1. The van der Waals surface area contributed by atoms with E-state index in [1.807, 2.05) is 0 Å². The molecule has 4 heteroatoms. The predicted molar refractivity (Wildman–Crippen MR) is 55.2 cm³/mol. The number of ether oxygens (including phenoxy) is 1. The van der Waals surface area contributed by atoms with Crippen LogP contribution in [0.15, 0.2) is 6.07 Å². The second kappa shape index (κ2) is 3.81. The lowest BCUT2D eigenvalue weighted by molar-refractivity contribution is 0.0971. The quantitative estimate of drug-likeness (QED) is 0.739. The zero-order valence-electron chi connectivity index (χ0n) is 8.27. The standard InChI is InChI=1S/C11H10ClFO2/c1-15-9-5-7-6(11(13)10(9)12)3-2-4-8(7)14/h5H,2-4H2,1H3. The Hall–Kier alpha value is -1.09. The molecule has 0 unspecified atom stereocenters. The molecular formula is C11H10ClFO2. The highest BCUT2D eigenvalue weighted by Crippen LogP contribution is 2.35. The molecule has 0 saturated carbocycles. The fourth-order valence-electron chi connectivity index (χ4n) is 1.84. The van der Waals surface area contributed by atoms with E-state index in [1.54, 1.807) is 0 Å². The fourth-order valence-corrected chi connectivity index (χ4v) is 2.09. The lowest BCUT2D eigenvalue weighted by Crippen LogP contribution is -2.13. The number of ketones is 1. The highest BCUT2D eigenvalue weighted by atomic mass is 35.5. The predicted octanol–water partition coefficient (Wildman–Crippen LogP) is 3.01. The van der Waals surface area contributed by atoms with Crippen LogP contribution in [0, 0.1) is 5.82 Å². The van der Waals surface area contributed by atoms with Crippen LogP contribution in [0.1, 0.15) is 28.8 Å². The summed E-state index contributed by atoms with van der Waals surface area (Å²) in [6, 6.07) is 1.53. The first kappa shape index (κ1) is 10.4. The minimum atomic E-state index is -0.515. The second-order valence-corrected chi connectivity index (χ2v) is 3.89. The number of benzene rings is 1. The summed E-state index contributed by atoms with van der Waals surface area (Å²) in [6.45, 7) is 0. The Morgan fingerprint density at radius 3 is 2.87 bits per heavy atom. The lowest BCUT2D eigenvalue weighted by atomic mass is 9.90. The van der Waals surface area contributed by atoms with Gasteiger partial charge in [-0.3, -0.25) is 4.79 Å². The van der Waals surface area contributed by atoms with Crippen LogP contribution in [0.4, 0.5) is 4.39 Å². The van der Waals surface area contributed by atoms with Gasteiger partial charge in [-0.15, -0.1) is 0 Å². The second-order valence-electron chi connectivity index (χ2n) is 3.51. The third-order valence-corrected chi connectivity index (χ3v) is 2.98. The molecule has 0 N–H and O–H groups in total. The van der Waals surface area contributed by atoms with Gasteiger partial charge in [0.05, 0.1) is 7.11 Å². The van der Waals surface area contributed by atoms with Crippen LogP contribution in [0.25, 0.3) is 0 Å².